The average molecular weight is 438 g/mol. The minimum Gasteiger partial charge on any atom is -0.356 e. The number of aromatic nitrogens is 1. The monoisotopic (exact) mass is 437 g/mol. The summed E-state index contributed by atoms with van der Waals surface area (Å²) < 4.78 is 40.4. The molecule has 2 heterocycles. The van der Waals surface area contributed by atoms with Crippen molar-refractivity contribution >= 4 is 27.7 Å². The average Bonchev–Trinajstić information content (AvgIpc) is 3.40. The lowest BCUT2D eigenvalue weighted by molar-refractivity contribution is 0.0893. The molecule has 2 aliphatic rings. The Morgan fingerprint density at radius 2 is 1.79 bits per heavy atom. The highest BCUT2D eigenvalue weighted by Crippen LogP contribution is 2.39. The second kappa shape index (κ2) is 8.12. The molecule has 156 valence electrons. The molecule has 9 heteroatoms. The van der Waals surface area contributed by atoms with E-state index in [1.165, 1.54) is 28.7 Å². The van der Waals surface area contributed by atoms with Crippen LogP contribution in [0.15, 0.2) is 41.4 Å². The predicted molar refractivity (Wildman–Crippen MR) is 111 cm³/mol. The van der Waals surface area contributed by atoms with E-state index in [-0.39, 0.29) is 22.3 Å². The van der Waals surface area contributed by atoms with Crippen molar-refractivity contribution in [1.29, 1.82) is 0 Å². The van der Waals surface area contributed by atoms with Gasteiger partial charge in [-0.15, -0.1) is 0 Å². The number of rotatable bonds is 5. The van der Waals surface area contributed by atoms with E-state index in [1.54, 1.807) is 23.9 Å². The van der Waals surface area contributed by atoms with Gasteiger partial charge in [0.25, 0.3) is 5.91 Å². The molecule has 0 spiro atoms. The van der Waals surface area contributed by atoms with Crippen molar-refractivity contribution in [3.05, 3.63) is 53.6 Å². The molecule has 1 amide bonds. The molecular weight excluding hydrogens is 413 g/mol. The van der Waals surface area contributed by atoms with Crippen LogP contribution in [-0.2, 0) is 15.6 Å². The lowest BCUT2D eigenvalue weighted by atomic mass is 9.88. The van der Waals surface area contributed by atoms with Crippen LogP contribution in [0.3, 0.4) is 0 Å². The molecule has 1 aliphatic heterocycles. The minimum atomic E-state index is -3.61. The Hall–Kier alpha value is -1.84. The van der Waals surface area contributed by atoms with E-state index < -0.39 is 15.6 Å². The van der Waals surface area contributed by atoms with Gasteiger partial charge in [0.15, 0.2) is 0 Å². The Bertz CT molecular complexity index is 977. The van der Waals surface area contributed by atoms with E-state index in [9.17, 15) is 17.6 Å². The van der Waals surface area contributed by atoms with Crippen molar-refractivity contribution < 1.29 is 17.6 Å². The fourth-order valence-corrected chi connectivity index (χ4v) is 6.68. The number of nitrogens with one attached hydrogen (secondary N) is 2. The predicted octanol–water partition coefficient (Wildman–Crippen LogP) is 3.09. The molecule has 0 atom stereocenters. The van der Waals surface area contributed by atoms with Crippen molar-refractivity contribution in [2.45, 2.75) is 36.1 Å². The van der Waals surface area contributed by atoms with Gasteiger partial charge in [0.1, 0.15) is 16.4 Å². The van der Waals surface area contributed by atoms with E-state index >= 15 is 0 Å². The first-order valence-electron chi connectivity index (χ1n) is 9.76. The van der Waals surface area contributed by atoms with Gasteiger partial charge in [0.2, 0.25) is 10.0 Å². The zero-order chi connectivity index (χ0) is 20.5. The Labute approximate surface area is 174 Å². The molecule has 0 radical (unpaired) electrons. The third-order valence-electron chi connectivity index (χ3n) is 5.72. The first-order chi connectivity index (χ1) is 13.9. The van der Waals surface area contributed by atoms with Gasteiger partial charge < -0.3 is 10.3 Å². The number of nitrogens with zero attached hydrogens (tertiary/aromatic N) is 1. The maximum atomic E-state index is 13.3. The number of aromatic amines is 1. The molecule has 29 heavy (non-hydrogen) atoms. The summed E-state index contributed by atoms with van der Waals surface area (Å²) in [6, 6.07) is 7.62. The summed E-state index contributed by atoms with van der Waals surface area (Å²) in [5.74, 6) is 0.879. The van der Waals surface area contributed by atoms with Crippen LogP contribution in [-0.4, -0.2) is 48.2 Å². The molecule has 2 N–H and O–H groups in total. The fraction of sp³-hybridized carbons (Fsp3) is 0.450. The zero-order valence-electron chi connectivity index (χ0n) is 16.0. The Morgan fingerprint density at radius 3 is 2.45 bits per heavy atom. The topological polar surface area (TPSA) is 82.3 Å². The number of hydrogen-bond acceptors (Lipinski definition) is 4. The highest BCUT2D eigenvalue weighted by atomic mass is 32.2. The summed E-state index contributed by atoms with van der Waals surface area (Å²) in [6.45, 7) is 0.959. The third kappa shape index (κ3) is 4.08. The molecular formula is C20H24FN3O3S2. The molecule has 1 aromatic heterocycles. The molecule has 1 saturated heterocycles. The summed E-state index contributed by atoms with van der Waals surface area (Å²) in [5.41, 5.74) is 0.525. The third-order valence-corrected chi connectivity index (χ3v) is 8.53. The second-order valence-electron chi connectivity index (χ2n) is 7.52. The number of sulfonamides is 1. The number of benzene rings is 1. The Kier molecular flexibility index (Phi) is 5.72. The van der Waals surface area contributed by atoms with Crippen molar-refractivity contribution in [1.82, 2.24) is 14.6 Å². The minimum absolute atomic E-state index is 0.108. The van der Waals surface area contributed by atoms with Crippen LogP contribution in [0.1, 0.15) is 41.7 Å². The number of halogens is 1. The number of H-pyrrole nitrogens is 1. The van der Waals surface area contributed by atoms with Gasteiger partial charge in [-0.1, -0.05) is 25.0 Å². The molecule has 0 bridgehead atoms. The van der Waals surface area contributed by atoms with Gasteiger partial charge in [0.05, 0.1) is 5.54 Å². The van der Waals surface area contributed by atoms with E-state index in [0.717, 1.165) is 42.8 Å². The smallest absolute Gasteiger partial charge is 0.268 e. The van der Waals surface area contributed by atoms with Gasteiger partial charge in [-0.2, -0.15) is 16.1 Å². The number of amides is 1. The number of carbonyl (C=O) groups is 1. The molecule has 6 nitrogen and oxygen atoms in total. The van der Waals surface area contributed by atoms with Crippen LogP contribution in [0, 0.1) is 5.82 Å². The summed E-state index contributed by atoms with van der Waals surface area (Å²) >= 11 is 1.73. The molecule has 1 aliphatic carbocycles. The Balaban J connectivity index is 1.54. The van der Waals surface area contributed by atoms with Gasteiger partial charge in [-0.3, -0.25) is 4.79 Å². The highest BCUT2D eigenvalue weighted by molar-refractivity contribution is 7.99. The standard InChI is InChI=1S/C20H24FN3O3S2/c21-16-5-3-15(4-6-16)20(7-1-2-8-20)23-19(25)18-13-17(14-22-18)29(26,27)24-9-11-28-12-10-24/h3-6,13-14,22H,1-2,7-12H2,(H,23,25). The zero-order valence-corrected chi connectivity index (χ0v) is 17.6. The maximum Gasteiger partial charge on any atom is 0.268 e. The lowest BCUT2D eigenvalue weighted by Crippen LogP contribution is -2.44. The summed E-state index contributed by atoms with van der Waals surface area (Å²) in [5, 5.41) is 3.08. The number of thioether (sulfide) groups is 1. The van der Waals surface area contributed by atoms with Crippen LogP contribution in [0.25, 0.3) is 0 Å². The van der Waals surface area contributed by atoms with E-state index in [0.29, 0.717) is 13.1 Å². The fourth-order valence-electron chi connectivity index (χ4n) is 4.11. The van der Waals surface area contributed by atoms with Crippen LogP contribution < -0.4 is 5.32 Å². The van der Waals surface area contributed by atoms with E-state index in [1.807, 2.05) is 0 Å². The summed E-state index contributed by atoms with van der Waals surface area (Å²) in [7, 11) is -3.61. The largest absolute Gasteiger partial charge is 0.356 e. The first-order valence-corrected chi connectivity index (χ1v) is 12.4. The Morgan fingerprint density at radius 1 is 1.14 bits per heavy atom. The number of carbonyl (C=O) groups excluding carboxylic acids is 1. The van der Waals surface area contributed by atoms with Crippen molar-refractivity contribution in [3.63, 3.8) is 0 Å². The van der Waals surface area contributed by atoms with Gasteiger partial charge in [-0.25, -0.2) is 12.8 Å². The molecule has 1 saturated carbocycles. The van der Waals surface area contributed by atoms with Crippen molar-refractivity contribution in [3.8, 4) is 0 Å². The van der Waals surface area contributed by atoms with Crippen molar-refractivity contribution in [2.75, 3.05) is 24.6 Å². The first kappa shape index (κ1) is 20.4. The highest BCUT2D eigenvalue weighted by Gasteiger charge is 2.38. The molecule has 4 rings (SSSR count). The van der Waals surface area contributed by atoms with Gasteiger partial charge in [0, 0.05) is 30.8 Å². The van der Waals surface area contributed by atoms with Crippen LogP contribution >= 0.6 is 11.8 Å². The number of hydrogen-bond donors (Lipinski definition) is 2. The van der Waals surface area contributed by atoms with Crippen molar-refractivity contribution in [2.24, 2.45) is 0 Å². The van der Waals surface area contributed by atoms with E-state index in [2.05, 4.69) is 10.3 Å². The molecule has 1 aromatic carbocycles. The maximum absolute atomic E-state index is 13.3. The lowest BCUT2D eigenvalue weighted by Gasteiger charge is -2.31. The van der Waals surface area contributed by atoms with Gasteiger partial charge in [-0.05, 0) is 36.6 Å². The second-order valence-corrected chi connectivity index (χ2v) is 10.7. The van der Waals surface area contributed by atoms with Crippen LogP contribution in [0.2, 0.25) is 0 Å². The van der Waals surface area contributed by atoms with Crippen LogP contribution in [0.4, 0.5) is 4.39 Å². The van der Waals surface area contributed by atoms with E-state index in [4.69, 9.17) is 0 Å². The van der Waals surface area contributed by atoms with Crippen LogP contribution in [0.5, 0.6) is 0 Å². The quantitative estimate of drug-likeness (QED) is 0.753. The normalized spacial score (nSPS) is 19.9. The summed E-state index contributed by atoms with van der Waals surface area (Å²) in [4.78, 5) is 15.9. The molecule has 0 unspecified atom stereocenters. The summed E-state index contributed by atoms with van der Waals surface area (Å²) in [6.07, 6.45) is 4.85. The SMILES string of the molecule is O=C(NC1(c2ccc(F)cc2)CCCC1)c1cc(S(=O)(=O)N2CCSCC2)c[nH]1. The van der Waals surface area contributed by atoms with Gasteiger partial charge >= 0.3 is 0 Å². The molecule has 2 fully saturated rings. The molecule has 2 aromatic rings.